The predicted molar refractivity (Wildman–Crippen MR) is 111 cm³/mol. The van der Waals surface area contributed by atoms with Gasteiger partial charge in [0.2, 0.25) is 0 Å². The highest BCUT2D eigenvalue weighted by Crippen LogP contribution is 2.36. The van der Waals surface area contributed by atoms with Crippen LogP contribution in [-0.2, 0) is 9.31 Å². The van der Waals surface area contributed by atoms with E-state index in [0.29, 0.717) is 0 Å². The van der Waals surface area contributed by atoms with Crippen LogP contribution in [0.5, 0.6) is 0 Å². The second kappa shape index (κ2) is 6.11. The Labute approximate surface area is 161 Å². The quantitative estimate of drug-likeness (QED) is 0.669. The fourth-order valence-corrected chi connectivity index (χ4v) is 3.26. The van der Waals surface area contributed by atoms with Crippen LogP contribution in [0.1, 0.15) is 27.7 Å². The summed E-state index contributed by atoms with van der Waals surface area (Å²) in [6.07, 6.45) is 4.06. The molecule has 0 spiro atoms. The second-order valence-electron chi connectivity index (χ2n) is 8.35. The van der Waals surface area contributed by atoms with Gasteiger partial charge in [0, 0.05) is 43.2 Å². The Hall–Kier alpha value is -2.31. The number of aromatic nitrogens is 2. The fourth-order valence-electron chi connectivity index (χ4n) is 3.26. The molecule has 6 heteroatoms. The first kappa shape index (κ1) is 18.1. The molecule has 0 saturated carbocycles. The molecule has 0 bridgehead atoms. The van der Waals surface area contributed by atoms with Crippen LogP contribution in [0.4, 0.5) is 5.69 Å². The third kappa shape index (κ3) is 3.03. The fraction of sp³-hybridized carbons (Fsp3) is 0.381. The number of hydrogen-bond donors (Lipinski definition) is 0. The maximum Gasteiger partial charge on any atom is 0.498 e. The molecule has 5 nitrogen and oxygen atoms in total. The van der Waals surface area contributed by atoms with Crippen molar-refractivity contribution in [2.45, 2.75) is 38.9 Å². The molecule has 0 aliphatic carbocycles. The van der Waals surface area contributed by atoms with Crippen LogP contribution in [-0.4, -0.2) is 41.8 Å². The van der Waals surface area contributed by atoms with E-state index in [4.69, 9.17) is 14.3 Å². The Morgan fingerprint density at radius 3 is 2.19 bits per heavy atom. The van der Waals surface area contributed by atoms with E-state index in [-0.39, 0.29) is 11.2 Å². The number of nitrogens with zero attached hydrogens (tertiary/aromatic N) is 3. The molecule has 1 aromatic carbocycles. The molecule has 0 N–H and O–H groups in total. The van der Waals surface area contributed by atoms with Crippen molar-refractivity contribution in [1.29, 1.82) is 0 Å². The largest absolute Gasteiger partial charge is 0.498 e. The van der Waals surface area contributed by atoms with Crippen LogP contribution in [0.3, 0.4) is 0 Å². The van der Waals surface area contributed by atoms with Gasteiger partial charge in [-0.25, -0.2) is 4.98 Å². The van der Waals surface area contributed by atoms with Gasteiger partial charge >= 0.3 is 7.12 Å². The standard InChI is InChI=1S/C21H26BN3O2/c1-20(2)21(3,4)27-22(26-20)17-8-7-13-25-14-18(23-19(17)25)15-9-11-16(12-10-15)24(5)6/h7-14H,1-6H3. The molecule has 1 aliphatic rings. The molecule has 0 radical (unpaired) electrons. The topological polar surface area (TPSA) is 39.0 Å². The predicted octanol–water partition coefficient (Wildman–Crippen LogP) is 3.37. The number of imidazole rings is 1. The van der Waals surface area contributed by atoms with E-state index in [2.05, 4.69) is 63.1 Å². The van der Waals surface area contributed by atoms with Gasteiger partial charge in [0.1, 0.15) is 5.65 Å². The zero-order valence-corrected chi connectivity index (χ0v) is 16.9. The van der Waals surface area contributed by atoms with Crippen molar-refractivity contribution < 1.29 is 9.31 Å². The van der Waals surface area contributed by atoms with Crippen LogP contribution in [0.15, 0.2) is 48.8 Å². The highest BCUT2D eigenvalue weighted by Gasteiger charge is 2.52. The lowest BCUT2D eigenvalue weighted by atomic mass is 9.80. The lowest BCUT2D eigenvalue weighted by Crippen LogP contribution is -2.41. The molecule has 140 valence electrons. The number of benzene rings is 1. The molecule has 3 heterocycles. The lowest BCUT2D eigenvalue weighted by Gasteiger charge is -2.32. The zero-order valence-electron chi connectivity index (χ0n) is 16.9. The van der Waals surface area contributed by atoms with Gasteiger partial charge in [-0.2, -0.15) is 0 Å². The van der Waals surface area contributed by atoms with E-state index >= 15 is 0 Å². The SMILES string of the molecule is CN(C)c1ccc(-c2cn3cccc(B4OC(C)(C)C(C)(C)O4)c3n2)cc1. The summed E-state index contributed by atoms with van der Waals surface area (Å²) >= 11 is 0. The van der Waals surface area contributed by atoms with Gasteiger partial charge in [-0.15, -0.1) is 0 Å². The van der Waals surface area contributed by atoms with E-state index in [1.807, 2.05) is 36.8 Å². The van der Waals surface area contributed by atoms with Crippen molar-refractivity contribution in [3.63, 3.8) is 0 Å². The van der Waals surface area contributed by atoms with E-state index in [9.17, 15) is 0 Å². The molecular weight excluding hydrogens is 337 g/mol. The maximum absolute atomic E-state index is 6.23. The number of rotatable bonds is 3. The molecule has 1 fully saturated rings. The minimum absolute atomic E-state index is 0.373. The van der Waals surface area contributed by atoms with Crippen molar-refractivity contribution in [1.82, 2.24) is 9.38 Å². The molecule has 3 aromatic rings. The van der Waals surface area contributed by atoms with Crippen LogP contribution in [0.2, 0.25) is 0 Å². The van der Waals surface area contributed by atoms with Gasteiger partial charge in [0.25, 0.3) is 0 Å². The lowest BCUT2D eigenvalue weighted by molar-refractivity contribution is 0.00578. The summed E-state index contributed by atoms with van der Waals surface area (Å²) in [6, 6.07) is 12.5. The Kier molecular flexibility index (Phi) is 4.09. The summed E-state index contributed by atoms with van der Waals surface area (Å²) in [5.74, 6) is 0. The van der Waals surface area contributed by atoms with Crippen molar-refractivity contribution in [2.75, 3.05) is 19.0 Å². The molecule has 4 rings (SSSR count). The van der Waals surface area contributed by atoms with Crippen LogP contribution < -0.4 is 10.4 Å². The Bertz CT molecular complexity index is 961. The first-order chi connectivity index (χ1) is 12.7. The smallest absolute Gasteiger partial charge is 0.399 e. The number of anilines is 1. The number of pyridine rings is 1. The molecule has 2 aromatic heterocycles. The molecule has 1 aliphatic heterocycles. The number of fused-ring (bicyclic) bond motifs is 1. The van der Waals surface area contributed by atoms with Crippen LogP contribution in [0.25, 0.3) is 16.9 Å². The van der Waals surface area contributed by atoms with Gasteiger partial charge in [0.15, 0.2) is 0 Å². The van der Waals surface area contributed by atoms with E-state index in [1.54, 1.807) is 0 Å². The third-order valence-corrected chi connectivity index (χ3v) is 5.70. The number of hydrogen-bond acceptors (Lipinski definition) is 4. The van der Waals surface area contributed by atoms with Crippen molar-refractivity contribution in [3.05, 3.63) is 48.8 Å². The van der Waals surface area contributed by atoms with Crippen molar-refractivity contribution in [2.24, 2.45) is 0 Å². The Morgan fingerprint density at radius 1 is 0.963 bits per heavy atom. The normalized spacial score (nSPS) is 18.2. The summed E-state index contributed by atoms with van der Waals surface area (Å²) in [7, 11) is 3.65. The van der Waals surface area contributed by atoms with E-state index in [1.165, 1.54) is 5.69 Å². The van der Waals surface area contributed by atoms with Crippen molar-refractivity contribution in [3.8, 4) is 11.3 Å². The molecule has 1 saturated heterocycles. The van der Waals surface area contributed by atoms with Gasteiger partial charge < -0.3 is 18.6 Å². The van der Waals surface area contributed by atoms with Gasteiger partial charge in [-0.05, 0) is 45.9 Å². The summed E-state index contributed by atoms with van der Waals surface area (Å²) in [5, 5.41) is 0. The van der Waals surface area contributed by atoms with Crippen LogP contribution in [0, 0.1) is 0 Å². The first-order valence-electron chi connectivity index (χ1n) is 9.29. The van der Waals surface area contributed by atoms with Gasteiger partial charge in [0.05, 0.1) is 16.9 Å². The van der Waals surface area contributed by atoms with E-state index in [0.717, 1.165) is 22.4 Å². The van der Waals surface area contributed by atoms with Crippen molar-refractivity contribution >= 4 is 23.9 Å². The van der Waals surface area contributed by atoms with Gasteiger partial charge in [-0.1, -0.05) is 18.2 Å². The zero-order chi connectivity index (χ0) is 19.4. The maximum atomic E-state index is 6.23. The Morgan fingerprint density at radius 2 is 1.59 bits per heavy atom. The minimum atomic E-state index is -0.426. The molecular formula is C21H26BN3O2. The highest BCUT2D eigenvalue weighted by atomic mass is 16.7. The molecule has 0 unspecified atom stereocenters. The van der Waals surface area contributed by atoms with Gasteiger partial charge in [-0.3, -0.25) is 0 Å². The van der Waals surface area contributed by atoms with Crippen LogP contribution >= 0.6 is 0 Å². The monoisotopic (exact) mass is 363 g/mol. The third-order valence-electron chi connectivity index (χ3n) is 5.70. The summed E-state index contributed by atoms with van der Waals surface area (Å²) in [4.78, 5) is 6.97. The first-order valence-corrected chi connectivity index (χ1v) is 9.29. The Balaban J connectivity index is 1.73. The second-order valence-corrected chi connectivity index (χ2v) is 8.35. The molecule has 0 amide bonds. The average molecular weight is 363 g/mol. The summed E-state index contributed by atoms with van der Waals surface area (Å²) < 4.78 is 14.5. The van der Waals surface area contributed by atoms with E-state index < -0.39 is 7.12 Å². The average Bonchev–Trinajstić information content (AvgIpc) is 3.13. The summed E-state index contributed by atoms with van der Waals surface area (Å²) in [6.45, 7) is 8.26. The molecule has 27 heavy (non-hydrogen) atoms. The minimum Gasteiger partial charge on any atom is -0.399 e. The summed E-state index contributed by atoms with van der Waals surface area (Å²) in [5.41, 5.74) is 4.26. The molecule has 0 atom stereocenters. The highest BCUT2D eigenvalue weighted by molar-refractivity contribution is 6.64.